The molecule has 1 heterocycles. The van der Waals surface area contributed by atoms with Crippen LogP contribution in [0.25, 0.3) is 0 Å². The van der Waals surface area contributed by atoms with E-state index in [-0.39, 0.29) is 17.3 Å². The van der Waals surface area contributed by atoms with Crippen LogP contribution in [-0.2, 0) is 6.54 Å². The molecule has 1 aliphatic heterocycles. The number of carbonyl (C=O) groups excluding carboxylic acids is 1. The number of primary amides is 1. The molecule has 3 unspecified atom stereocenters. The summed E-state index contributed by atoms with van der Waals surface area (Å²) in [6, 6.07) is 4.71. The normalized spacial score (nSPS) is 27.6. The highest BCUT2D eigenvalue weighted by Crippen LogP contribution is 2.36. The molecule has 1 aromatic carbocycles. The first kappa shape index (κ1) is 15.9. The Labute approximate surface area is 134 Å². The summed E-state index contributed by atoms with van der Waals surface area (Å²) in [4.78, 5) is 24.3. The lowest BCUT2D eigenvalue weighted by Crippen LogP contribution is -2.38. The van der Waals surface area contributed by atoms with Crippen LogP contribution in [0.2, 0.25) is 0 Å². The molecule has 23 heavy (non-hydrogen) atoms. The molecule has 3 atom stereocenters. The number of amides is 1. The number of benzene rings is 1. The van der Waals surface area contributed by atoms with E-state index < -0.39 is 10.8 Å². The molecule has 1 amide bonds. The zero-order valence-corrected chi connectivity index (χ0v) is 13.0. The van der Waals surface area contributed by atoms with Gasteiger partial charge in [-0.25, -0.2) is 0 Å². The maximum atomic E-state index is 11.3. The first-order chi connectivity index (χ1) is 11.0. The monoisotopic (exact) mass is 318 g/mol. The van der Waals surface area contributed by atoms with Gasteiger partial charge in [-0.1, -0.05) is 12.5 Å². The molecule has 0 radical (unpaired) electrons. The Kier molecular flexibility index (Phi) is 4.32. The van der Waals surface area contributed by atoms with Crippen LogP contribution in [0.4, 0.5) is 5.69 Å². The van der Waals surface area contributed by atoms with E-state index in [1.54, 1.807) is 12.1 Å². The largest absolute Gasteiger partial charge is 0.366 e. The number of nitrogens with zero attached hydrogens (tertiary/aromatic N) is 2. The molecule has 1 saturated carbocycles. The van der Waals surface area contributed by atoms with Crippen LogP contribution >= 0.6 is 0 Å². The van der Waals surface area contributed by atoms with Crippen LogP contribution in [0.1, 0.15) is 35.2 Å². The van der Waals surface area contributed by atoms with Crippen molar-refractivity contribution in [3.8, 4) is 0 Å². The molecule has 1 saturated heterocycles. The van der Waals surface area contributed by atoms with E-state index in [1.807, 2.05) is 0 Å². The number of rotatable bonds is 4. The van der Waals surface area contributed by atoms with Crippen LogP contribution in [-0.4, -0.2) is 34.9 Å². The van der Waals surface area contributed by atoms with E-state index in [1.165, 1.54) is 18.9 Å². The number of fused-ring (bicyclic) bond motifs is 1. The van der Waals surface area contributed by atoms with Gasteiger partial charge in [-0.15, -0.1) is 0 Å². The standard InChI is InChI=1S/C16H22N4O3/c17-14-3-1-2-11-7-19(9-13(11)14)8-12-5-4-10(16(18)21)6-15(12)20(22)23/h4-6,11,13-14H,1-3,7-9,17H2,(H2,18,21). The van der Waals surface area contributed by atoms with Crippen molar-refractivity contribution in [1.82, 2.24) is 4.90 Å². The Morgan fingerprint density at radius 3 is 2.78 bits per heavy atom. The second kappa shape index (κ2) is 6.25. The summed E-state index contributed by atoms with van der Waals surface area (Å²) in [7, 11) is 0. The van der Waals surface area contributed by atoms with E-state index >= 15 is 0 Å². The predicted molar refractivity (Wildman–Crippen MR) is 85.7 cm³/mol. The summed E-state index contributed by atoms with van der Waals surface area (Å²) < 4.78 is 0. The van der Waals surface area contributed by atoms with Gasteiger partial charge in [0.05, 0.1) is 4.92 Å². The highest BCUT2D eigenvalue weighted by atomic mass is 16.6. The van der Waals surface area contributed by atoms with Gasteiger partial charge < -0.3 is 11.5 Å². The van der Waals surface area contributed by atoms with Gasteiger partial charge in [0.25, 0.3) is 5.69 Å². The number of nitrogens with two attached hydrogens (primary N) is 2. The average Bonchev–Trinajstić information content (AvgIpc) is 2.91. The zero-order chi connectivity index (χ0) is 16.6. The van der Waals surface area contributed by atoms with Gasteiger partial charge >= 0.3 is 0 Å². The summed E-state index contributed by atoms with van der Waals surface area (Å²) in [5, 5.41) is 11.3. The molecule has 1 aliphatic carbocycles. The van der Waals surface area contributed by atoms with Crippen LogP contribution < -0.4 is 11.5 Å². The van der Waals surface area contributed by atoms with Crippen molar-refractivity contribution in [2.45, 2.75) is 31.8 Å². The van der Waals surface area contributed by atoms with E-state index in [0.29, 0.717) is 23.9 Å². The number of carbonyl (C=O) groups is 1. The number of hydrogen-bond donors (Lipinski definition) is 2. The maximum absolute atomic E-state index is 11.3. The fraction of sp³-hybridized carbons (Fsp3) is 0.562. The molecule has 0 aromatic heterocycles. The Bertz CT molecular complexity index is 634. The van der Waals surface area contributed by atoms with Crippen molar-refractivity contribution < 1.29 is 9.72 Å². The smallest absolute Gasteiger partial charge is 0.274 e. The van der Waals surface area contributed by atoms with Gasteiger partial charge in [-0.3, -0.25) is 19.8 Å². The van der Waals surface area contributed by atoms with Crippen LogP contribution in [0.5, 0.6) is 0 Å². The zero-order valence-electron chi connectivity index (χ0n) is 13.0. The van der Waals surface area contributed by atoms with Crippen molar-refractivity contribution in [2.24, 2.45) is 23.3 Å². The Morgan fingerprint density at radius 1 is 1.35 bits per heavy atom. The molecule has 7 heteroatoms. The average molecular weight is 318 g/mol. The predicted octanol–water partition coefficient (Wildman–Crippen LogP) is 1.25. The third kappa shape index (κ3) is 3.20. The van der Waals surface area contributed by atoms with Crippen molar-refractivity contribution in [1.29, 1.82) is 0 Å². The van der Waals surface area contributed by atoms with Gasteiger partial charge in [-0.05, 0) is 30.7 Å². The molecule has 3 rings (SSSR count). The molecule has 0 bridgehead atoms. The SMILES string of the molecule is NC(=O)c1ccc(CN2CC3CCCC(N)C3C2)c([N+](=O)[O-])c1. The third-order valence-electron chi connectivity index (χ3n) is 5.19. The first-order valence-electron chi connectivity index (χ1n) is 8.00. The Balaban J connectivity index is 1.78. The minimum absolute atomic E-state index is 0.0412. The Morgan fingerprint density at radius 2 is 2.13 bits per heavy atom. The summed E-state index contributed by atoms with van der Waals surface area (Å²) >= 11 is 0. The third-order valence-corrected chi connectivity index (χ3v) is 5.19. The molecule has 124 valence electrons. The van der Waals surface area contributed by atoms with Crippen LogP contribution in [0.3, 0.4) is 0 Å². The lowest BCUT2D eigenvalue weighted by molar-refractivity contribution is -0.385. The van der Waals surface area contributed by atoms with Gasteiger partial charge in [0.1, 0.15) is 0 Å². The summed E-state index contributed by atoms with van der Waals surface area (Å²) in [6.45, 7) is 2.34. The minimum atomic E-state index is -0.655. The fourth-order valence-corrected chi connectivity index (χ4v) is 4.00. The minimum Gasteiger partial charge on any atom is -0.366 e. The summed E-state index contributed by atoms with van der Waals surface area (Å²) in [5.74, 6) is 0.438. The summed E-state index contributed by atoms with van der Waals surface area (Å²) in [6.07, 6.45) is 3.43. The number of likely N-dealkylation sites (tertiary alicyclic amines) is 1. The highest BCUT2D eigenvalue weighted by Gasteiger charge is 2.38. The van der Waals surface area contributed by atoms with Crippen LogP contribution in [0, 0.1) is 22.0 Å². The van der Waals surface area contributed by atoms with E-state index in [4.69, 9.17) is 11.5 Å². The number of hydrogen-bond acceptors (Lipinski definition) is 5. The molecule has 1 aromatic rings. The molecule has 7 nitrogen and oxygen atoms in total. The summed E-state index contributed by atoms with van der Waals surface area (Å²) in [5.41, 5.74) is 12.2. The quantitative estimate of drug-likeness (QED) is 0.640. The van der Waals surface area contributed by atoms with E-state index in [9.17, 15) is 14.9 Å². The molecule has 4 N–H and O–H groups in total. The molecular formula is C16H22N4O3. The number of nitro benzene ring substituents is 1. The Hall–Kier alpha value is -1.99. The lowest BCUT2D eigenvalue weighted by atomic mass is 9.78. The van der Waals surface area contributed by atoms with Gasteiger partial charge in [-0.2, -0.15) is 0 Å². The second-order valence-corrected chi connectivity index (χ2v) is 6.68. The molecular weight excluding hydrogens is 296 g/mol. The van der Waals surface area contributed by atoms with Crippen molar-refractivity contribution in [3.05, 3.63) is 39.4 Å². The second-order valence-electron chi connectivity index (χ2n) is 6.68. The first-order valence-corrected chi connectivity index (χ1v) is 8.00. The molecule has 0 spiro atoms. The fourth-order valence-electron chi connectivity index (χ4n) is 4.00. The van der Waals surface area contributed by atoms with E-state index in [0.717, 1.165) is 19.5 Å². The van der Waals surface area contributed by atoms with E-state index in [2.05, 4.69) is 4.90 Å². The molecule has 2 aliphatic rings. The van der Waals surface area contributed by atoms with Crippen LogP contribution in [0.15, 0.2) is 18.2 Å². The van der Waals surface area contributed by atoms with Crippen molar-refractivity contribution in [3.63, 3.8) is 0 Å². The number of nitro groups is 1. The van der Waals surface area contributed by atoms with Crippen molar-refractivity contribution in [2.75, 3.05) is 13.1 Å². The lowest BCUT2D eigenvalue weighted by Gasteiger charge is -2.29. The van der Waals surface area contributed by atoms with Crippen molar-refractivity contribution >= 4 is 11.6 Å². The van der Waals surface area contributed by atoms with Gasteiger partial charge in [0, 0.05) is 42.9 Å². The highest BCUT2D eigenvalue weighted by molar-refractivity contribution is 5.93. The van der Waals surface area contributed by atoms with Gasteiger partial charge in [0.2, 0.25) is 5.91 Å². The van der Waals surface area contributed by atoms with Gasteiger partial charge in [0.15, 0.2) is 0 Å². The maximum Gasteiger partial charge on any atom is 0.274 e. The topological polar surface area (TPSA) is 115 Å². The molecule has 2 fully saturated rings.